The average molecular weight is 436 g/mol. The lowest BCUT2D eigenvalue weighted by Gasteiger charge is -2.19. The van der Waals surface area contributed by atoms with E-state index in [1.54, 1.807) is 48.5 Å². The first-order chi connectivity index (χ1) is 15.5. The summed E-state index contributed by atoms with van der Waals surface area (Å²) in [5, 5.41) is 5.34. The summed E-state index contributed by atoms with van der Waals surface area (Å²) in [5.41, 5.74) is 1.92. The summed E-state index contributed by atoms with van der Waals surface area (Å²) < 4.78 is 15.8. The van der Waals surface area contributed by atoms with E-state index in [0.29, 0.717) is 17.0 Å². The molecule has 1 heterocycles. The molecule has 0 saturated carbocycles. The molecule has 8 heteroatoms. The summed E-state index contributed by atoms with van der Waals surface area (Å²) in [6.45, 7) is 1.92. The highest BCUT2D eigenvalue weighted by atomic mass is 16.5. The van der Waals surface area contributed by atoms with Crippen molar-refractivity contribution in [1.82, 2.24) is 5.32 Å². The Hall–Kier alpha value is -4.07. The Balaban J connectivity index is 1.66. The van der Waals surface area contributed by atoms with Crippen molar-refractivity contribution in [2.75, 3.05) is 19.0 Å². The zero-order valence-electron chi connectivity index (χ0n) is 17.8. The van der Waals surface area contributed by atoms with Crippen LogP contribution in [0, 0.1) is 6.92 Å². The van der Waals surface area contributed by atoms with Gasteiger partial charge in [0, 0.05) is 12.1 Å². The lowest BCUT2D eigenvalue weighted by atomic mass is 10.1. The Labute approximate surface area is 185 Å². The van der Waals surface area contributed by atoms with E-state index in [1.807, 2.05) is 13.0 Å². The van der Waals surface area contributed by atoms with E-state index in [-0.39, 0.29) is 18.7 Å². The maximum atomic E-state index is 13.0. The van der Waals surface area contributed by atoms with Gasteiger partial charge >= 0.3 is 5.97 Å². The number of carbonyl (C=O) groups excluding carboxylic acids is 3. The van der Waals surface area contributed by atoms with Gasteiger partial charge in [-0.05, 0) is 36.8 Å². The number of methoxy groups -OCH3 is 1. The van der Waals surface area contributed by atoms with Crippen LogP contribution in [0.4, 0.5) is 5.69 Å². The Bertz CT molecular complexity index is 1060. The molecular formula is C24H24N2O6. The van der Waals surface area contributed by atoms with E-state index < -0.39 is 23.9 Å². The first-order valence-electron chi connectivity index (χ1n) is 9.99. The van der Waals surface area contributed by atoms with Gasteiger partial charge in [-0.1, -0.05) is 36.4 Å². The van der Waals surface area contributed by atoms with Gasteiger partial charge in [-0.15, -0.1) is 0 Å². The maximum absolute atomic E-state index is 13.0. The zero-order chi connectivity index (χ0) is 22.9. The maximum Gasteiger partial charge on any atom is 0.308 e. The molecule has 3 rings (SSSR count). The molecule has 166 valence electrons. The number of carbonyl (C=O) groups is 3. The molecule has 0 aliphatic carbocycles. The molecular weight excluding hydrogens is 412 g/mol. The standard InChI is InChI=1S/C24H24N2O6/c1-16-10-11-19(30-2)18(15-16)26-24(29)22(17-7-4-3-5-8-17)32-21(27)12-13-25-23(28)20-9-6-14-31-20/h3-11,14-15,22H,12-13H2,1-2H3,(H,25,28)(H,26,29). The van der Waals surface area contributed by atoms with Crippen LogP contribution < -0.4 is 15.4 Å². The molecule has 0 aliphatic rings. The van der Waals surface area contributed by atoms with E-state index >= 15 is 0 Å². The topological polar surface area (TPSA) is 107 Å². The number of hydrogen-bond acceptors (Lipinski definition) is 6. The minimum atomic E-state index is -1.17. The molecule has 1 atom stereocenters. The third-order valence-corrected chi connectivity index (χ3v) is 4.56. The summed E-state index contributed by atoms with van der Waals surface area (Å²) in [6, 6.07) is 17.2. The second kappa shape index (κ2) is 10.8. The van der Waals surface area contributed by atoms with Crippen molar-refractivity contribution in [2.24, 2.45) is 0 Å². The normalized spacial score (nSPS) is 11.3. The van der Waals surface area contributed by atoms with E-state index in [2.05, 4.69) is 10.6 Å². The van der Waals surface area contributed by atoms with Crippen LogP contribution in [0.2, 0.25) is 0 Å². The van der Waals surface area contributed by atoms with E-state index in [0.717, 1.165) is 5.56 Å². The molecule has 1 aromatic heterocycles. The second-order valence-corrected chi connectivity index (χ2v) is 6.96. The number of rotatable bonds is 9. The van der Waals surface area contributed by atoms with Gasteiger partial charge in [0.25, 0.3) is 11.8 Å². The molecule has 2 amide bonds. The Morgan fingerprint density at radius 2 is 1.81 bits per heavy atom. The third-order valence-electron chi connectivity index (χ3n) is 4.56. The van der Waals surface area contributed by atoms with Crippen LogP contribution in [0.15, 0.2) is 71.3 Å². The van der Waals surface area contributed by atoms with Gasteiger partial charge in [-0.2, -0.15) is 0 Å². The lowest BCUT2D eigenvalue weighted by molar-refractivity contribution is -0.154. The van der Waals surface area contributed by atoms with Crippen LogP contribution in [-0.2, 0) is 14.3 Å². The fraction of sp³-hybridized carbons (Fsp3) is 0.208. The first-order valence-corrected chi connectivity index (χ1v) is 9.99. The number of ether oxygens (including phenoxy) is 2. The lowest BCUT2D eigenvalue weighted by Crippen LogP contribution is -2.29. The highest BCUT2D eigenvalue weighted by Crippen LogP contribution is 2.27. The van der Waals surface area contributed by atoms with Crippen LogP contribution in [0.3, 0.4) is 0 Å². The monoisotopic (exact) mass is 436 g/mol. The predicted octanol–water partition coefficient (Wildman–Crippen LogP) is 3.64. The van der Waals surface area contributed by atoms with Gasteiger partial charge in [0.2, 0.25) is 6.10 Å². The fourth-order valence-corrected chi connectivity index (χ4v) is 2.98. The van der Waals surface area contributed by atoms with Crippen molar-refractivity contribution in [3.63, 3.8) is 0 Å². The van der Waals surface area contributed by atoms with Crippen molar-refractivity contribution in [3.8, 4) is 5.75 Å². The minimum absolute atomic E-state index is 0.0349. The fourth-order valence-electron chi connectivity index (χ4n) is 2.98. The Kier molecular flexibility index (Phi) is 7.64. The van der Waals surface area contributed by atoms with Crippen molar-refractivity contribution in [2.45, 2.75) is 19.4 Å². The van der Waals surface area contributed by atoms with Crippen LogP contribution in [0.1, 0.15) is 34.2 Å². The van der Waals surface area contributed by atoms with Gasteiger partial charge < -0.3 is 24.5 Å². The smallest absolute Gasteiger partial charge is 0.308 e. The van der Waals surface area contributed by atoms with E-state index in [1.165, 1.54) is 19.4 Å². The summed E-state index contributed by atoms with van der Waals surface area (Å²) >= 11 is 0. The van der Waals surface area contributed by atoms with Crippen molar-refractivity contribution in [1.29, 1.82) is 0 Å². The largest absolute Gasteiger partial charge is 0.495 e. The van der Waals surface area contributed by atoms with E-state index in [9.17, 15) is 14.4 Å². The number of hydrogen-bond donors (Lipinski definition) is 2. The number of benzene rings is 2. The number of nitrogens with one attached hydrogen (secondary N) is 2. The summed E-state index contributed by atoms with van der Waals surface area (Å²) in [5.74, 6) is -0.959. The number of amides is 2. The summed E-state index contributed by atoms with van der Waals surface area (Å²) in [6.07, 6.45) is 0.0986. The molecule has 0 spiro atoms. The molecule has 1 unspecified atom stereocenters. The molecule has 0 bridgehead atoms. The molecule has 2 N–H and O–H groups in total. The van der Waals surface area contributed by atoms with Gasteiger partial charge in [-0.3, -0.25) is 14.4 Å². The Morgan fingerprint density at radius 1 is 1.03 bits per heavy atom. The highest BCUT2D eigenvalue weighted by molar-refractivity contribution is 5.97. The van der Waals surface area contributed by atoms with Gasteiger partial charge in [0.05, 0.1) is 25.5 Å². The van der Waals surface area contributed by atoms with Gasteiger partial charge in [0.15, 0.2) is 5.76 Å². The molecule has 8 nitrogen and oxygen atoms in total. The van der Waals surface area contributed by atoms with Crippen LogP contribution in [0.5, 0.6) is 5.75 Å². The van der Waals surface area contributed by atoms with E-state index in [4.69, 9.17) is 13.9 Å². The van der Waals surface area contributed by atoms with Gasteiger partial charge in [0.1, 0.15) is 5.75 Å². The molecule has 3 aromatic rings. The third kappa shape index (κ3) is 5.98. The van der Waals surface area contributed by atoms with Crippen LogP contribution >= 0.6 is 0 Å². The average Bonchev–Trinajstić information content (AvgIpc) is 3.33. The Morgan fingerprint density at radius 3 is 2.50 bits per heavy atom. The highest BCUT2D eigenvalue weighted by Gasteiger charge is 2.26. The number of anilines is 1. The minimum Gasteiger partial charge on any atom is -0.495 e. The zero-order valence-corrected chi connectivity index (χ0v) is 17.8. The van der Waals surface area contributed by atoms with Crippen molar-refractivity contribution < 1.29 is 28.3 Å². The van der Waals surface area contributed by atoms with Gasteiger partial charge in [-0.25, -0.2) is 0 Å². The molecule has 0 radical (unpaired) electrons. The number of furan rings is 1. The molecule has 0 saturated heterocycles. The van der Waals surface area contributed by atoms with Crippen molar-refractivity contribution in [3.05, 3.63) is 83.8 Å². The molecule has 0 fully saturated rings. The first kappa shape index (κ1) is 22.6. The number of aryl methyl sites for hydroxylation is 1. The molecule has 32 heavy (non-hydrogen) atoms. The number of esters is 1. The van der Waals surface area contributed by atoms with Crippen LogP contribution in [-0.4, -0.2) is 31.4 Å². The summed E-state index contributed by atoms with van der Waals surface area (Å²) in [7, 11) is 1.51. The quantitative estimate of drug-likeness (QED) is 0.496. The SMILES string of the molecule is COc1ccc(C)cc1NC(=O)C(OC(=O)CCNC(=O)c1ccco1)c1ccccc1. The predicted molar refractivity (Wildman–Crippen MR) is 117 cm³/mol. The van der Waals surface area contributed by atoms with Crippen LogP contribution in [0.25, 0.3) is 0 Å². The molecule has 0 aliphatic heterocycles. The molecule has 2 aromatic carbocycles. The van der Waals surface area contributed by atoms with Crippen molar-refractivity contribution >= 4 is 23.5 Å². The second-order valence-electron chi connectivity index (χ2n) is 6.96. The summed E-state index contributed by atoms with van der Waals surface area (Å²) in [4.78, 5) is 37.4.